The second-order valence-corrected chi connectivity index (χ2v) is 6.72. The molecule has 0 fully saturated rings. The van der Waals surface area contributed by atoms with Crippen molar-refractivity contribution >= 4 is 34.8 Å². The summed E-state index contributed by atoms with van der Waals surface area (Å²) >= 11 is 6.06. The monoisotopic (exact) mass is 344 g/mol. The van der Waals surface area contributed by atoms with Crippen molar-refractivity contribution in [2.45, 2.75) is 27.7 Å². The largest absolute Gasteiger partial charge is 0.325 e. The molecule has 0 saturated carbocycles. The van der Waals surface area contributed by atoms with E-state index in [2.05, 4.69) is 10.6 Å². The zero-order valence-electron chi connectivity index (χ0n) is 14.2. The molecule has 0 aromatic heterocycles. The van der Waals surface area contributed by atoms with Crippen molar-refractivity contribution in [1.29, 1.82) is 0 Å². The highest BCUT2D eigenvalue weighted by atomic mass is 35.5. The Morgan fingerprint density at radius 1 is 0.917 bits per heavy atom. The molecule has 0 unspecified atom stereocenters. The molecule has 0 bridgehead atoms. The van der Waals surface area contributed by atoms with Crippen molar-refractivity contribution in [3.8, 4) is 0 Å². The fourth-order valence-corrected chi connectivity index (χ4v) is 2.22. The predicted molar refractivity (Wildman–Crippen MR) is 98.4 cm³/mol. The Morgan fingerprint density at radius 3 is 2.12 bits per heavy atom. The highest BCUT2D eigenvalue weighted by Gasteiger charge is 2.36. The Hall–Kier alpha value is -2.33. The first-order chi connectivity index (χ1) is 11.2. The molecule has 0 aliphatic rings. The second kappa shape index (κ2) is 7.05. The number of aryl methyl sites for hydroxylation is 1. The number of amides is 2. The maximum atomic E-state index is 12.6. The summed E-state index contributed by atoms with van der Waals surface area (Å²) in [5.41, 5.74) is 1.89. The third-order valence-corrected chi connectivity index (χ3v) is 4.37. The topological polar surface area (TPSA) is 58.2 Å². The molecule has 2 rings (SSSR count). The number of rotatable bonds is 4. The molecule has 24 heavy (non-hydrogen) atoms. The maximum Gasteiger partial charge on any atom is 0.239 e. The van der Waals surface area contributed by atoms with Gasteiger partial charge in [-0.2, -0.15) is 0 Å². The van der Waals surface area contributed by atoms with Crippen LogP contribution >= 0.6 is 11.6 Å². The molecule has 5 heteroatoms. The average molecular weight is 345 g/mol. The molecular formula is C19H21ClN2O2. The van der Waals surface area contributed by atoms with Gasteiger partial charge in [0.05, 0.1) is 0 Å². The number of halogens is 1. The summed E-state index contributed by atoms with van der Waals surface area (Å²) < 4.78 is 0. The lowest BCUT2D eigenvalue weighted by atomic mass is 9.90. The van der Waals surface area contributed by atoms with Gasteiger partial charge < -0.3 is 10.6 Å². The molecule has 2 aromatic rings. The Labute approximate surface area is 147 Å². The van der Waals surface area contributed by atoms with Gasteiger partial charge in [0.2, 0.25) is 11.8 Å². The molecule has 0 radical (unpaired) electrons. The first-order valence-corrected chi connectivity index (χ1v) is 8.04. The van der Waals surface area contributed by atoms with E-state index >= 15 is 0 Å². The molecule has 0 aliphatic carbocycles. The van der Waals surface area contributed by atoms with Crippen molar-refractivity contribution in [2.75, 3.05) is 10.6 Å². The van der Waals surface area contributed by atoms with E-state index in [1.54, 1.807) is 32.0 Å². The molecule has 126 valence electrons. The minimum absolute atomic E-state index is 0.372. The third-order valence-electron chi connectivity index (χ3n) is 3.96. The minimum Gasteiger partial charge on any atom is -0.325 e. The van der Waals surface area contributed by atoms with Crippen LogP contribution in [0.1, 0.15) is 25.0 Å². The van der Waals surface area contributed by atoms with Crippen molar-refractivity contribution < 1.29 is 9.59 Å². The van der Waals surface area contributed by atoms with E-state index in [-0.39, 0.29) is 5.91 Å². The van der Waals surface area contributed by atoms with Crippen LogP contribution in [-0.2, 0) is 9.59 Å². The van der Waals surface area contributed by atoms with Gasteiger partial charge in [-0.15, -0.1) is 0 Å². The SMILES string of the molecule is Cc1ccc(NC(=O)C(C)(C)C(=O)Nc2cccc(Cl)c2C)cc1. The summed E-state index contributed by atoms with van der Waals surface area (Å²) in [5.74, 6) is -0.763. The summed E-state index contributed by atoms with van der Waals surface area (Å²) in [5, 5.41) is 6.12. The molecule has 0 saturated heterocycles. The molecule has 0 aliphatic heterocycles. The number of nitrogens with one attached hydrogen (secondary N) is 2. The molecule has 2 amide bonds. The van der Waals surface area contributed by atoms with Crippen molar-refractivity contribution in [3.63, 3.8) is 0 Å². The van der Waals surface area contributed by atoms with Gasteiger partial charge in [-0.3, -0.25) is 9.59 Å². The van der Waals surface area contributed by atoms with E-state index in [1.165, 1.54) is 0 Å². The molecule has 0 atom stereocenters. The number of hydrogen-bond donors (Lipinski definition) is 2. The summed E-state index contributed by atoms with van der Waals surface area (Å²) in [6.07, 6.45) is 0. The minimum atomic E-state index is -1.24. The Morgan fingerprint density at radius 2 is 1.50 bits per heavy atom. The molecule has 2 aromatic carbocycles. The van der Waals surface area contributed by atoms with E-state index in [4.69, 9.17) is 11.6 Å². The van der Waals surface area contributed by atoms with Crippen LogP contribution < -0.4 is 10.6 Å². The standard InChI is InChI=1S/C19H21ClN2O2/c1-12-8-10-14(11-9-12)21-17(23)19(3,4)18(24)22-16-7-5-6-15(20)13(16)2/h5-11H,1-4H3,(H,21,23)(H,22,24). The lowest BCUT2D eigenvalue weighted by molar-refractivity contribution is -0.135. The molecule has 2 N–H and O–H groups in total. The van der Waals surface area contributed by atoms with Gasteiger partial charge in [-0.25, -0.2) is 0 Å². The number of carbonyl (C=O) groups is 2. The molecule has 0 heterocycles. The lowest BCUT2D eigenvalue weighted by Crippen LogP contribution is -2.41. The van der Waals surface area contributed by atoms with Crippen LogP contribution in [0.3, 0.4) is 0 Å². The van der Waals surface area contributed by atoms with Gasteiger partial charge in [0.1, 0.15) is 5.41 Å². The van der Waals surface area contributed by atoms with Crippen molar-refractivity contribution in [3.05, 3.63) is 58.6 Å². The Kier molecular flexibility index (Phi) is 5.30. The molecular weight excluding hydrogens is 324 g/mol. The highest BCUT2D eigenvalue weighted by Crippen LogP contribution is 2.26. The number of anilines is 2. The van der Waals surface area contributed by atoms with Gasteiger partial charge in [0.25, 0.3) is 0 Å². The van der Waals surface area contributed by atoms with E-state index < -0.39 is 11.3 Å². The zero-order chi connectivity index (χ0) is 17.9. The first-order valence-electron chi connectivity index (χ1n) is 7.66. The predicted octanol–water partition coefficient (Wildman–Crippen LogP) is 4.56. The molecule has 4 nitrogen and oxygen atoms in total. The Balaban J connectivity index is 2.12. The van der Waals surface area contributed by atoms with Gasteiger partial charge in [-0.05, 0) is 57.5 Å². The average Bonchev–Trinajstić information content (AvgIpc) is 2.53. The van der Waals surface area contributed by atoms with Crippen LogP contribution in [-0.4, -0.2) is 11.8 Å². The normalized spacial score (nSPS) is 11.0. The summed E-state index contributed by atoms with van der Waals surface area (Å²) in [4.78, 5) is 25.1. The summed E-state index contributed by atoms with van der Waals surface area (Å²) in [6, 6.07) is 12.7. The van der Waals surface area contributed by atoms with Crippen LogP contribution in [0.25, 0.3) is 0 Å². The van der Waals surface area contributed by atoms with Gasteiger partial charge in [-0.1, -0.05) is 35.4 Å². The van der Waals surface area contributed by atoms with Crippen LogP contribution in [0, 0.1) is 19.3 Å². The smallest absolute Gasteiger partial charge is 0.239 e. The zero-order valence-corrected chi connectivity index (χ0v) is 15.0. The number of carbonyl (C=O) groups excluding carboxylic acids is 2. The van der Waals surface area contributed by atoms with Crippen LogP contribution in [0.5, 0.6) is 0 Å². The van der Waals surface area contributed by atoms with Crippen LogP contribution in [0.4, 0.5) is 11.4 Å². The lowest BCUT2D eigenvalue weighted by Gasteiger charge is -2.23. The quantitative estimate of drug-likeness (QED) is 0.799. The van der Waals surface area contributed by atoms with E-state index in [9.17, 15) is 9.59 Å². The fourth-order valence-electron chi connectivity index (χ4n) is 2.05. The summed E-state index contributed by atoms with van der Waals surface area (Å²) in [6.45, 7) is 6.96. The second-order valence-electron chi connectivity index (χ2n) is 6.31. The van der Waals surface area contributed by atoms with Crippen LogP contribution in [0.15, 0.2) is 42.5 Å². The van der Waals surface area contributed by atoms with Gasteiger partial charge in [0.15, 0.2) is 0 Å². The van der Waals surface area contributed by atoms with E-state index in [0.29, 0.717) is 16.4 Å². The molecule has 0 spiro atoms. The number of hydrogen-bond acceptors (Lipinski definition) is 2. The third kappa shape index (κ3) is 3.95. The van der Waals surface area contributed by atoms with E-state index in [0.717, 1.165) is 11.1 Å². The van der Waals surface area contributed by atoms with Crippen molar-refractivity contribution in [1.82, 2.24) is 0 Å². The van der Waals surface area contributed by atoms with Gasteiger partial charge in [0, 0.05) is 16.4 Å². The Bertz CT molecular complexity index is 767. The van der Waals surface area contributed by atoms with Crippen molar-refractivity contribution in [2.24, 2.45) is 5.41 Å². The highest BCUT2D eigenvalue weighted by molar-refractivity contribution is 6.31. The van der Waals surface area contributed by atoms with Crippen LogP contribution in [0.2, 0.25) is 5.02 Å². The maximum absolute atomic E-state index is 12.6. The van der Waals surface area contributed by atoms with Gasteiger partial charge >= 0.3 is 0 Å². The fraction of sp³-hybridized carbons (Fsp3) is 0.263. The van der Waals surface area contributed by atoms with E-state index in [1.807, 2.05) is 38.1 Å². The summed E-state index contributed by atoms with van der Waals surface area (Å²) in [7, 11) is 0. The number of benzene rings is 2. The first kappa shape index (κ1) is 18.0.